The van der Waals surface area contributed by atoms with Crippen LogP contribution in [-0.4, -0.2) is 94.5 Å². The highest BCUT2D eigenvalue weighted by Gasteiger charge is 2.39. The largest absolute Gasteiger partial charge is 0.479 e. The predicted octanol–water partition coefficient (Wildman–Crippen LogP) is 1.67. The summed E-state index contributed by atoms with van der Waals surface area (Å²) in [5.74, 6) is 0.0844. The highest BCUT2D eigenvalue weighted by atomic mass is 32.2. The van der Waals surface area contributed by atoms with Gasteiger partial charge in [-0.25, -0.2) is 22.8 Å². The van der Waals surface area contributed by atoms with E-state index in [9.17, 15) is 12.8 Å². The average molecular weight is 594 g/mol. The van der Waals surface area contributed by atoms with Crippen LogP contribution in [0.1, 0.15) is 45.0 Å². The Balaban J connectivity index is 1.52. The lowest BCUT2D eigenvalue weighted by Crippen LogP contribution is -2.51. The molecule has 3 aromatic heterocycles. The first-order valence-electron chi connectivity index (χ1n) is 13.1. The van der Waals surface area contributed by atoms with Gasteiger partial charge in [-0.3, -0.25) is 9.29 Å². The number of nitrogens with zero attached hydrogens (tertiary/aromatic N) is 8. The van der Waals surface area contributed by atoms with Gasteiger partial charge in [-0.1, -0.05) is 0 Å². The second-order valence-corrected chi connectivity index (χ2v) is 11.8. The van der Waals surface area contributed by atoms with E-state index in [0.29, 0.717) is 25.4 Å². The number of rotatable bonds is 10. The molecular weight excluding hydrogens is 561 g/mol. The lowest BCUT2D eigenvalue weighted by Gasteiger charge is -2.37. The van der Waals surface area contributed by atoms with Gasteiger partial charge < -0.3 is 23.8 Å². The van der Waals surface area contributed by atoms with E-state index in [1.165, 1.54) is 25.1 Å². The van der Waals surface area contributed by atoms with Crippen molar-refractivity contribution in [3.8, 4) is 17.4 Å². The molecule has 2 fully saturated rings. The Labute approximate surface area is 236 Å². The smallest absolute Gasteiger partial charge is 0.245 e. The van der Waals surface area contributed by atoms with E-state index in [4.69, 9.17) is 18.9 Å². The summed E-state index contributed by atoms with van der Waals surface area (Å²) in [6, 6.07) is 0. The van der Waals surface area contributed by atoms with Gasteiger partial charge in [-0.05, 0) is 33.1 Å². The Morgan fingerprint density at radius 2 is 1.78 bits per heavy atom. The summed E-state index contributed by atoms with van der Waals surface area (Å²) in [5, 5.41) is 7.50. The molecule has 0 aliphatic carbocycles. The summed E-state index contributed by atoms with van der Waals surface area (Å²) < 4.78 is 68.2. The molecule has 0 bridgehead atoms. The van der Waals surface area contributed by atoms with Crippen molar-refractivity contribution in [3.63, 3.8) is 0 Å². The topological polar surface area (TPSA) is 169 Å². The Hall–Kier alpha value is -3.70. The van der Waals surface area contributed by atoms with Crippen molar-refractivity contribution >= 4 is 21.9 Å². The summed E-state index contributed by atoms with van der Waals surface area (Å²) in [6.07, 6.45) is 3.94. The molecule has 41 heavy (non-hydrogen) atoms. The van der Waals surface area contributed by atoms with Crippen LogP contribution in [0.15, 0.2) is 18.7 Å². The summed E-state index contributed by atoms with van der Waals surface area (Å²) in [7, 11) is -1.27. The maximum absolute atomic E-state index is 13.9. The molecule has 5 rings (SSSR count). The minimum absolute atomic E-state index is 0.0345. The van der Waals surface area contributed by atoms with Crippen LogP contribution in [-0.2, 0) is 19.5 Å². The van der Waals surface area contributed by atoms with Gasteiger partial charge in [0.05, 0.1) is 38.8 Å². The number of nitrogens with one attached hydrogen (secondary N) is 1. The summed E-state index contributed by atoms with van der Waals surface area (Å²) in [6.45, 7) is 4.64. The maximum atomic E-state index is 13.9. The molecule has 0 amide bonds. The Bertz CT molecular complexity index is 1430. The molecule has 2 saturated heterocycles. The quantitative estimate of drug-likeness (QED) is 0.361. The first-order chi connectivity index (χ1) is 19.7. The van der Waals surface area contributed by atoms with Crippen LogP contribution in [0.25, 0.3) is 5.69 Å². The van der Waals surface area contributed by atoms with E-state index in [0.717, 1.165) is 18.8 Å². The molecule has 0 radical (unpaired) electrons. The van der Waals surface area contributed by atoms with Gasteiger partial charge in [0.1, 0.15) is 17.7 Å². The molecule has 2 aliphatic heterocycles. The monoisotopic (exact) mass is 593 g/mol. The fourth-order valence-corrected chi connectivity index (χ4v) is 6.37. The zero-order valence-electron chi connectivity index (χ0n) is 23.1. The first kappa shape index (κ1) is 28.8. The zero-order valence-corrected chi connectivity index (χ0v) is 23.9. The van der Waals surface area contributed by atoms with E-state index in [1.54, 1.807) is 4.90 Å². The van der Waals surface area contributed by atoms with Crippen molar-refractivity contribution in [1.82, 2.24) is 34.7 Å². The van der Waals surface area contributed by atoms with Gasteiger partial charge in [-0.15, -0.1) is 10.2 Å². The highest BCUT2D eigenvalue weighted by molar-refractivity contribution is 7.93. The maximum Gasteiger partial charge on any atom is 0.245 e. The third kappa shape index (κ3) is 6.15. The van der Waals surface area contributed by atoms with Crippen LogP contribution < -0.4 is 19.1 Å². The lowest BCUT2D eigenvalue weighted by molar-refractivity contribution is 0.00147. The number of piperidine rings is 1. The molecular formula is C24H32FN9O6S. The number of hydrogen-bond acceptors (Lipinski definition) is 13. The van der Waals surface area contributed by atoms with Crippen molar-refractivity contribution < 1.29 is 31.8 Å². The molecule has 0 saturated carbocycles. The Morgan fingerprint density at radius 1 is 1.07 bits per heavy atom. The van der Waals surface area contributed by atoms with E-state index in [1.807, 2.05) is 13.8 Å². The van der Waals surface area contributed by atoms with Crippen LogP contribution in [0.4, 0.5) is 16.3 Å². The number of sulfonamides is 1. The number of halogens is 1. The molecule has 1 N–H and O–H groups in total. The number of aromatic nitrogens is 7. The molecule has 222 valence electrons. The van der Waals surface area contributed by atoms with Gasteiger partial charge >= 0.3 is 0 Å². The third-order valence-electron chi connectivity index (χ3n) is 6.67. The van der Waals surface area contributed by atoms with Crippen LogP contribution in [0, 0.1) is 5.82 Å². The fraction of sp³-hybridized carbons (Fsp3) is 0.583. The summed E-state index contributed by atoms with van der Waals surface area (Å²) in [5.41, 5.74) is 0.219. The van der Waals surface area contributed by atoms with Crippen LogP contribution in [0.2, 0.25) is 0 Å². The molecule has 0 unspecified atom stereocenters. The average Bonchev–Trinajstić information content (AvgIpc) is 3.62. The predicted molar refractivity (Wildman–Crippen MR) is 143 cm³/mol. The van der Waals surface area contributed by atoms with Gasteiger partial charge in [0.25, 0.3) is 0 Å². The van der Waals surface area contributed by atoms with E-state index in [2.05, 4.69) is 34.9 Å². The van der Waals surface area contributed by atoms with Gasteiger partial charge in [0.2, 0.25) is 33.7 Å². The molecule has 0 spiro atoms. The van der Waals surface area contributed by atoms with Crippen LogP contribution >= 0.6 is 0 Å². The minimum atomic E-state index is -4.12. The van der Waals surface area contributed by atoms with Crippen LogP contribution in [0.5, 0.6) is 11.8 Å². The van der Waals surface area contributed by atoms with Crippen LogP contribution in [0.3, 0.4) is 0 Å². The second kappa shape index (κ2) is 12.0. The number of anilines is 2. The SMILES string of the molecule is COc1ncnc(OC)c1-n1c(NS(=O)(=O)[C@@H]2C[C@@H](OC(C)C)CN(c3ncc(F)cn3)C2)nnc1[C@@H]1CCCO1. The van der Waals surface area contributed by atoms with Gasteiger partial charge in [0.15, 0.2) is 17.3 Å². The number of ether oxygens (including phenoxy) is 4. The standard InChI is InChI=1S/C24H32FN9O6S/c1-14(2)40-16-8-17(12-33(11-16)23-26-9-15(25)10-27-23)41(35,36)32-24-31-30-20(18-6-5-7-39-18)34(24)19-21(37-3)28-13-29-22(19)38-4/h9-10,13-14,16-18H,5-8,11-12H2,1-4H3,(H,31,32)/t16-,17-,18+/m1/s1. The molecule has 3 aromatic rings. The van der Waals surface area contributed by atoms with Gasteiger partial charge in [-0.2, -0.15) is 9.97 Å². The van der Waals surface area contributed by atoms with E-state index in [-0.39, 0.29) is 48.4 Å². The molecule has 17 heteroatoms. The fourth-order valence-electron chi connectivity index (χ4n) is 4.97. The Kier molecular flexibility index (Phi) is 8.46. The van der Waals surface area contributed by atoms with Crippen molar-refractivity contribution in [2.45, 2.75) is 56.7 Å². The van der Waals surface area contributed by atoms with Crippen molar-refractivity contribution in [2.75, 3.05) is 43.5 Å². The normalized spacial score (nSPS) is 21.3. The minimum Gasteiger partial charge on any atom is -0.479 e. The molecule has 15 nitrogen and oxygen atoms in total. The summed E-state index contributed by atoms with van der Waals surface area (Å²) in [4.78, 5) is 18.1. The highest BCUT2D eigenvalue weighted by Crippen LogP contribution is 2.37. The zero-order chi connectivity index (χ0) is 29.1. The number of hydrogen-bond donors (Lipinski definition) is 1. The molecule has 0 aromatic carbocycles. The number of methoxy groups -OCH3 is 2. The first-order valence-corrected chi connectivity index (χ1v) is 14.6. The molecule has 2 aliphatic rings. The van der Waals surface area contributed by atoms with Crippen molar-refractivity contribution in [1.29, 1.82) is 0 Å². The third-order valence-corrected chi connectivity index (χ3v) is 8.36. The van der Waals surface area contributed by atoms with Crippen molar-refractivity contribution in [3.05, 3.63) is 30.4 Å². The molecule has 3 atom stereocenters. The van der Waals surface area contributed by atoms with Crippen molar-refractivity contribution in [2.24, 2.45) is 0 Å². The lowest BCUT2D eigenvalue weighted by atomic mass is 10.1. The second-order valence-electron chi connectivity index (χ2n) is 9.88. The molecule has 5 heterocycles. The van der Waals surface area contributed by atoms with E-state index < -0.39 is 33.3 Å². The Morgan fingerprint density at radius 3 is 2.39 bits per heavy atom. The van der Waals surface area contributed by atoms with E-state index >= 15 is 0 Å². The van der Waals surface area contributed by atoms with Gasteiger partial charge in [0, 0.05) is 19.7 Å². The summed E-state index contributed by atoms with van der Waals surface area (Å²) >= 11 is 0.